The molecule has 0 aliphatic rings. The average molecular weight is 464 g/mol. The van der Waals surface area contributed by atoms with Crippen LogP contribution in [0.3, 0.4) is 0 Å². The summed E-state index contributed by atoms with van der Waals surface area (Å²) < 4.78 is 26.0. The number of nitrogens with zero attached hydrogens (tertiary/aromatic N) is 1. The Balaban J connectivity index is 0.000000255. The Bertz CT molecular complexity index is 1050. The van der Waals surface area contributed by atoms with Crippen molar-refractivity contribution in [2.45, 2.75) is 80.1 Å². The van der Waals surface area contributed by atoms with E-state index in [2.05, 4.69) is 26.0 Å². The van der Waals surface area contributed by atoms with Gasteiger partial charge in [0, 0.05) is 0 Å². The predicted molar refractivity (Wildman–Crippen MR) is 140 cm³/mol. The fourth-order valence-corrected chi connectivity index (χ4v) is 3.47. The number of hydrogen-bond acceptors (Lipinski definition) is 1. The van der Waals surface area contributed by atoms with Crippen LogP contribution in [-0.4, -0.2) is 0 Å². The van der Waals surface area contributed by atoms with Gasteiger partial charge in [-0.25, -0.2) is 8.78 Å². The zero-order valence-electron chi connectivity index (χ0n) is 22.1. The maximum atomic E-state index is 13.0. The van der Waals surface area contributed by atoms with E-state index in [-0.39, 0.29) is 23.5 Å². The number of rotatable bonds is 3. The topological polar surface area (TPSA) is 23.8 Å². The van der Waals surface area contributed by atoms with Crippen molar-refractivity contribution >= 4 is 0 Å². The van der Waals surface area contributed by atoms with Crippen LogP contribution in [0.2, 0.25) is 0 Å². The summed E-state index contributed by atoms with van der Waals surface area (Å²) in [6, 6.07) is 18.6. The van der Waals surface area contributed by atoms with Crippen LogP contribution in [0.1, 0.15) is 98.2 Å². The SMILES string of the molecule is Cc1ccc(C#N)c(C(C)C)c1.Cc1ccc(F)c(C(C)C)c1.Cc1ccc(F)c(C(C)C)c1. The molecule has 0 amide bonds. The van der Waals surface area contributed by atoms with Gasteiger partial charge in [-0.05, 0) is 73.4 Å². The molecule has 3 aromatic rings. The molecule has 0 atom stereocenters. The third-order valence-corrected chi connectivity index (χ3v) is 5.50. The van der Waals surface area contributed by atoms with Gasteiger partial charge in [-0.15, -0.1) is 0 Å². The summed E-state index contributed by atoms with van der Waals surface area (Å²) in [7, 11) is 0. The van der Waals surface area contributed by atoms with Crippen molar-refractivity contribution in [2.24, 2.45) is 0 Å². The first-order valence-corrected chi connectivity index (χ1v) is 11.9. The van der Waals surface area contributed by atoms with E-state index >= 15 is 0 Å². The lowest BCUT2D eigenvalue weighted by molar-refractivity contribution is 0.597. The first kappa shape index (κ1) is 29.0. The lowest BCUT2D eigenvalue weighted by Gasteiger charge is -2.07. The Labute approximate surface area is 205 Å². The molecule has 0 aliphatic heterocycles. The molecule has 182 valence electrons. The minimum Gasteiger partial charge on any atom is -0.207 e. The Morgan fingerprint density at radius 3 is 1.18 bits per heavy atom. The molecule has 34 heavy (non-hydrogen) atoms. The molecule has 0 fully saturated rings. The summed E-state index contributed by atoms with van der Waals surface area (Å²) in [5.41, 5.74) is 7.03. The molecule has 0 aromatic heterocycles. The summed E-state index contributed by atoms with van der Waals surface area (Å²) in [5, 5.41) is 8.81. The highest BCUT2D eigenvalue weighted by molar-refractivity contribution is 5.41. The van der Waals surface area contributed by atoms with Gasteiger partial charge < -0.3 is 0 Å². The van der Waals surface area contributed by atoms with Gasteiger partial charge in [0.1, 0.15) is 11.6 Å². The van der Waals surface area contributed by atoms with Crippen molar-refractivity contribution in [2.75, 3.05) is 0 Å². The van der Waals surface area contributed by atoms with Gasteiger partial charge in [-0.3, -0.25) is 0 Å². The second kappa shape index (κ2) is 13.7. The van der Waals surface area contributed by atoms with Crippen molar-refractivity contribution < 1.29 is 8.78 Å². The number of nitriles is 1. The van der Waals surface area contributed by atoms with E-state index in [1.54, 1.807) is 12.1 Å². The van der Waals surface area contributed by atoms with Crippen molar-refractivity contribution in [3.8, 4) is 6.07 Å². The van der Waals surface area contributed by atoms with Crippen LogP contribution >= 0.6 is 0 Å². The van der Waals surface area contributed by atoms with E-state index in [4.69, 9.17) is 5.26 Å². The van der Waals surface area contributed by atoms with E-state index < -0.39 is 0 Å². The lowest BCUT2D eigenvalue weighted by atomic mass is 9.96. The Hall–Kier alpha value is -2.99. The molecule has 3 rings (SSSR count). The highest BCUT2D eigenvalue weighted by atomic mass is 19.1. The average Bonchev–Trinajstić information content (AvgIpc) is 2.77. The van der Waals surface area contributed by atoms with Gasteiger partial charge >= 0.3 is 0 Å². The molecule has 0 heterocycles. The third-order valence-electron chi connectivity index (χ3n) is 5.50. The second-order valence-corrected chi connectivity index (χ2v) is 9.72. The number of aryl methyl sites for hydroxylation is 3. The Kier molecular flexibility index (Phi) is 11.7. The number of benzene rings is 3. The molecule has 0 saturated carbocycles. The molecule has 0 spiro atoms. The molecule has 0 saturated heterocycles. The van der Waals surface area contributed by atoms with Crippen LogP contribution in [0.25, 0.3) is 0 Å². The van der Waals surface area contributed by atoms with E-state index in [9.17, 15) is 8.78 Å². The summed E-state index contributed by atoms with van der Waals surface area (Å²) in [4.78, 5) is 0. The molecular formula is C31H39F2N. The predicted octanol–water partition coefficient (Wildman–Crippen LogP) is 9.51. The van der Waals surface area contributed by atoms with E-state index in [1.165, 1.54) is 17.7 Å². The van der Waals surface area contributed by atoms with E-state index in [1.807, 2.05) is 72.7 Å². The lowest BCUT2D eigenvalue weighted by Crippen LogP contribution is -1.92. The molecule has 0 N–H and O–H groups in total. The van der Waals surface area contributed by atoms with Gasteiger partial charge in [-0.1, -0.05) is 94.6 Å². The molecule has 0 unspecified atom stereocenters. The van der Waals surface area contributed by atoms with Gasteiger partial charge in [0.05, 0.1) is 11.6 Å². The molecule has 3 heteroatoms. The molecule has 0 radical (unpaired) electrons. The summed E-state index contributed by atoms with van der Waals surface area (Å²) >= 11 is 0. The zero-order chi connectivity index (χ0) is 26.0. The minimum absolute atomic E-state index is 0.0920. The van der Waals surface area contributed by atoms with Gasteiger partial charge in [0.2, 0.25) is 0 Å². The van der Waals surface area contributed by atoms with Gasteiger partial charge in [0.25, 0.3) is 0 Å². The summed E-state index contributed by atoms with van der Waals surface area (Å²) in [5.74, 6) is 0.792. The first-order chi connectivity index (χ1) is 15.9. The van der Waals surface area contributed by atoms with Crippen LogP contribution in [0.4, 0.5) is 8.78 Å². The first-order valence-electron chi connectivity index (χ1n) is 11.9. The van der Waals surface area contributed by atoms with Crippen molar-refractivity contribution in [3.05, 3.63) is 105 Å². The zero-order valence-corrected chi connectivity index (χ0v) is 22.1. The molecule has 0 aliphatic carbocycles. The normalized spacial score (nSPS) is 10.4. The Morgan fingerprint density at radius 1 is 0.559 bits per heavy atom. The van der Waals surface area contributed by atoms with Crippen LogP contribution in [0.5, 0.6) is 0 Å². The maximum Gasteiger partial charge on any atom is 0.126 e. The number of hydrogen-bond donors (Lipinski definition) is 0. The van der Waals surface area contributed by atoms with Crippen molar-refractivity contribution in [3.63, 3.8) is 0 Å². The second-order valence-electron chi connectivity index (χ2n) is 9.72. The fourth-order valence-electron chi connectivity index (χ4n) is 3.47. The van der Waals surface area contributed by atoms with Crippen LogP contribution < -0.4 is 0 Å². The highest BCUT2D eigenvalue weighted by Gasteiger charge is 2.06. The smallest absolute Gasteiger partial charge is 0.126 e. The summed E-state index contributed by atoms with van der Waals surface area (Å²) in [6.07, 6.45) is 0. The van der Waals surface area contributed by atoms with Crippen molar-refractivity contribution in [1.29, 1.82) is 5.26 Å². The quantitative estimate of drug-likeness (QED) is 0.379. The fraction of sp³-hybridized carbons (Fsp3) is 0.387. The van der Waals surface area contributed by atoms with Crippen LogP contribution in [0, 0.1) is 43.7 Å². The van der Waals surface area contributed by atoms with Crippen molar-refractivity contribution in [1.82, 2.24) is 0 Å². The molecular weight excluding hydrogens is 424 g/mol. The molecule has 1 nitrogen and oxygen atoms in total. The van der Waals surface area contributed by atoms with E-state index in [0.717, 1.165) is 33.4 Å². The monoisotopic (exact) mass is 463 g/mol. The standard InChI is InChI=1S/C11H13N.2C10H13F/c1-8(2)11-6-9(3)4-5-10(11)7-12;2*1-7(2)9-6-8(3)4-5-10(9)11/h4-6,8H,1-3H3;2*4-7H,1-3H3. The minimum atomic E-state index is -0.0920. The highest BCUT2D eigenvalue weighted by Crippen LogP contribution is 2.21. The van der Waals surface area contributed by atoms with Crippen LogP contribution in [0.15, 0.2) is 54.6 Å². The largest absolute Gasteiger partial charge is 0.207 e. The molecule has 3 aromatic carbocycles. The number of halogens is 2. The van der Waals surface area contributed by atoms with E-state index in [0.29, 0.717) is 5.92 Å². The Morgan fingerprint density at radius 2 is 0.882 bits per heavy atom. The summed E-state index contributed by atoms with van der Waals surface area (Å²) in [6.45, 7) is 18.2. The third kappa shape index (κ3) is 9.10. The molecule has 0 bridgehead atoms. The maximum absolute atomic E-state index is 13.0. The van der Waals surface area contributed by atoms with Gasteiger partial charge in [0.15, 0.2) is 0 Å². The van der Waals surface area contributed by atoms with Gasteiger partial charge in [-0.2, -0.15) is 5.26 Å². The van der Waals surface area contributed by atoms with Crippen LogP contribution in [-0.2, 0) is 0 Å².